The van der Waals surface area contributed by atoms with Crippen LogP contribution in [-0.2, 0) is 11.2 Å². The molecule has 1 heterocycles. The van der Waals surface area contributed by atoms with Gasteiger partial charge >= 0.3 is 5.97 Å². The molecule has 0 N–H and O–H groups in total. The Bertz CT molecular complexity index is 949. The summed E-state index contributed by atoms with van der Waals surface area (Å²) in [4.78, 5) is 12.2. The van der Waals surface area contributed by atoms with E-state index in [9.17, 15) is 4.79 Å². The Balaban J connectivity index is 2.04. The molecule has 5 nitrogen and oxygen atoms in total. The van der Waals surface area contributed by atoms with Crippen molar-refractivity contribution in [2.24, 2.45) is 0 Å². The van der Waals surface area contributed by atoms with Crippen LogP contribution in [-0.4, -0.2) is 29.5 Å². The number of methoxy groups -OCH3 is 1. The molecule has 1 aromatic heterocycles. The minimum atomic E-state index is -0.453. The zero-order valence-electron chi connectivity index (χ0n) is 15.5. The second-order valence-corrected chi connectivity index (χ2v) is 6.54. The number of halogens is 1. The van der Waals surface area contributed by atoms with E-state index in [-0.39, 0.29) is 5.69 Å². The molecule has 0 aliphatic heterocycles. The van der Waals surface area contributed by atoms with E-state index in [2.05, 4.69) is 29.4 Å². The van der Waals surface area contributed by atoms with Crippen molar-refractivity contribution < 1.29 is 14.3 Å². The lowest BCUT2D eigenvalue weighted by Gasteiger charge is -2.11. The molecule has 6 heteroatoms. The van der Waals surface area contributed by atoms with E-state index in [0.29, 0.717) is 29.5 Å². The van der Waals surface area contributed by atoms with Crippen molar-refractivity contribution in [3.8, 4) is 11.4 Å². The predicted octanol–water partition coefficient (Wildman–Crippen LogP) is 4.61. The molecule has 0 radical (unpaired) electrons. The van der Waals surface area contributed by atoms with Crippen LogP contribution < -0.4 is 4.74 Å². The van der Waals surface area contributed by atoms with Gasteiger partial charge in [-0.25, -0.2) is 9.48 Å². The number of rotatable bonds is 6. The number of benzene rings is 2. The summed E-state index contributed by atoms with van der Waals surface area (Å²) < 4.78 is 12.0. The van der Waals surface area contributed by atoms with E-state index >= 15 is 0 Å². The maximum absolute atomic E-state index is 12.2. The van der Waals surface area contributed by atoms with E-state index < -0.39 is 5.97 Å². The number of aromatic nitrogens is 2. The highest BCUT2D eigenvalue weighted by Gasteiger charge is 2.18. The van der Waals surface area contributed by atoms with Gasteiger partial charge in [0.2, 0.25) is 0 Å². The van der Waals surface area contributed by atoms with Crippen LogP contribution in [0.3, 0.4) is 0 Å². The van der Waals surface area contributed by atoms with Gasteiger partial charge in [0.25, 0.3) is 0 Å². The quantitative estimate of drug-likeness (QED) is 0.582. The summed E-state index contributed by atoms with van der Waals surface area (Å²) in [6.07, 6.45) is 0.606. The van der Waals surface area contributed by atoms with Crippen LogP contribution in [0.15, 0.2) is 48.5 Å². The molecule has 140 valence electrons. The molecule has 0 atom stereocenters. The number of carbonyl (C=O) groups excluding carboxylic acids is 1. The van der Waals surface area contributed by atoms with Gasteiger partial charge in [0.15, 0.2) is 5.69 Å². The summed E-state index contributed by atoms with van der Waals surface area (Å²) in [6, 6.07) is 15.3. The van der Waals surface area contributed by atoms with Crippen molar-refractivity contribution in [1.29, 1.82) is 0 Å². The van der Waals surface area contributed by atoms with E-state index in [0.717, 1.165) is 11.3 Å². The topological polar surface area (TPSA) is 53.4 Å². The monoisotopic (exact) mass is 384 g/mol. The largest absolute Gasteiger partial charge is 0.497 e. The number of carbonyl (C=O) groups is 1. The number of nitrogens with zero attached hydrogens (tertiary/aromatic N) is 2. The first-order valence-electron chi connectivity index (χ1n) is 8.67. The lowest BCUT2D eigenvalue weighted by Crippen LogP contribution is -2.07. The Morgan fingerprint density at radius 2 is 1.89 bits per heavy atom. The minimum absolute atomic E-state index is 0.255. The first-order valence-corrected chi connectivity index (χ1v) is 9.05. The Morgan fingerprint density at radius 3 is 2.52 bits per heavy atom. The Labute approximate surface area is 163 Å². The third-order valence-corrected chi connectivity index (χ3v) is 4.46. The van der Waals surface area contributed by atoms with Crippen molar-refractivity contribution in [2.75, 3.05) is 13.7 Å². The SMILES string of the molecule is CCOC(=O)c1cc(Cc2ccc(C)cc2)n(-c2ccc(OC)cc2Cl)n1. The van der Waals surface area contributed by atoms with Crippen molar-refractivity contribution in [2.45, 2.75) is 20.3 Å². The molecule has 0 saturated heterocycles. The molecule has 0 unspecified atom stereocenters. The van der Waals surface area contributed by atoms with Crippen LogP contribution in [0.4, 0.5) is 0 Å². The third kappa shape index (κ3) is 4.31. The van der Waals surface area contributed by atoms with E-state index in [4.69, 9.17) is 21.1 Å². The fourth-order valence-electron chi connectivity index (χ4n) is 2.76. The van der Waals surface area contributed by atoms with Crippen LogP contribution in [0.1, 0.15) is 34.2 Å². The Hall–Kier alpha value is -2.79. The number of hydrogen-bond donors (Lipinski definition) is 0. The summed E-state index contributed by atoms with van der Waals surface area (Å²) in [5, 5.41) is 4.93. The number of esters is 1. The first-order chi connectivity index (χ1) is 13.0. The van der Waals surface area contributed by atoms with E-state index in [1.54, 1.807) is 30.8 Å². The summed E-state index contributed by atoms with van der Waals surface area (Å²) in [5.41, 5.74) is 4.08. The lowest BCUT2D eigenvalue weighted by atomic mass is 10.1. The van der Waals surface area contributed by atoms with Gasteiger partial charge in [-0.3, -0.25) is 0 Å². The zero-order valence-corrected chi connectivity index (χ0v) is 16.3. The van der Waals surface area contributed by atoms with E-state index in [1.807, 2.05) is 19.1 Å². The molecule has 0 spiro atoms. The molecule has 0 bridgehead atoms. The van der Waals surface area contributed by atoms with Gasteiger partial charge < -0.3 is 9.47 Å². The first kappa shape index (κ1) is 19.0. The van der Waals surface area contributed by atoms with Crippen LogP contribution in [0.5, 0.6) is 5.75 Å². The van der Waals surface area contributed by atoms with Gasteiger partial charge in [-0.15, -0.1) is 0 Å². The molecule has 0 aliphatic carbocycles. The van der Waals surface area contributed by atoms with Gasteiger partial charge in [0.05, 0.1) is 24.4 Å². The standard InChI is InChI=1S/C21H21ClN2O3/c1-4-27-21(25)19-12-16(11-15-7-5-14(2)6-8-15)24(23-19)20-10-9-17(26-3)13-18(20)22/h5-10,12-13H,4,11H2,1-3H3. The lowest BCUT2D eigenvalue weighted by molar-refractivity contribution is 0.0519. The Kier molecular flexibility index (Phi) is 5.81. The van der Waals surface area contributed by atoms with Crippen LogP contribution >= 0.6 is 11.6 Å². The third-order valence-electron chi connectivity index (χ3n) is 4.16. The van der Waals surface area contributed by atoms with Gasteiger partial charge in [-0.05, 0) is 37.6 Å². The van der Waals surface area contributed by atoms with Crippen LogP contribution in [0.25, 0.3) is 5.69 Å². The average Bonchev–Trinajstić information content (AvgIpc) is 3.07. The van der Waals surface area contributed by atoms with Crippen molar-refractivity contribution in [3.05, 3.63) is 76.1 Å². The molecular formula is C21H21ClN2O3. The fraction of sp³-hybridized carbons (Fsp3) is 0.238. The van der Waals surface area contributed by atoms with E-state index in [1.165, 1.54) is 5.56 Å². The average molecular weight is 385 g/mol. The molecular weight excluding hydrogens is 364 g/mol. The Morgan fingerprint density at radius 1 is 1.15 bits per heavy atom. The zero-order chi connectivity index (χ0) is 19.4. The minimum Gasteiger partial charge on any atom is -0.497 e. The van der Waals surface area contributed by atoms with Crippen molar-refractivity contribution in [1.82, 2.24) is 9.78 Å². The van der Waals surface area contributed by atoms with Gasteiger partial charge in [0.1, 0.15) is 5.75 Å². The molecule has 3 aromatic rings. The summed E-state index contributed by atoms with van der Waals surface area (Å²) in [6.45, 7) is 4.11. The number of hydrogen-bond acceptors (Lipinski definition) is 4. The molecule has 27 heavy (non-hydrogen) atoms. The smallest absolute Gasteiger partial charge is 0.358 e. The normalized spacial score (nSPS) is 10.7. The second kappa shape index (κ2) is 8.27. The maximum atomic E-state index is 12.2. The molecule has 0 aliphatic rings. The number of ether oxygens (including phenoxy) is 2. The van der Waals surface area contributed by atoms with Crippen LogP contribution in [0, 0.1) is 6.92 Å². The predicted molar refractivity (Wildman–Crippen MR) is 105 cm³/mol. The second-order valence-electron chi connectivity index (χ2n) is 6.13. The summed E-state index contributed by atoms with van der Waals surface area (Å²) >= 11 is 6.43. The van der Waals surface area contributed by atoms with Crippen LogP contribution in [0.2, 0.25) is 5.02 Å². The van der Waals surface area contributed by atoms with Gasteiger partial charge in [-0.1, -0.05) is 41.4 Å². The molecule has 0 amide bonds. The van der Waals surface area contributed by atoms with Gasteiger partial charge in [-0.2, -0.15) is 5.10 Å². The maximum Gasteiger partial charge on any atom is 0.358 e. The number of aryl methyl sites for hydroxylation is 1. The molecule has 0 saturated carbocycles. The summed E-state index contributed by atoms with van der Waals surface area (Å²) in [7, 11) is 1.58. The highest BCUT2D eigenvalue weighted by molar-refractivity contribution is 6.32. The molecule has 2 aromatic carbocycles. The van der Waals surface area contributed by atoms with Crippen molar-refractivity contribution >= 4 is 17.6 Å². The van der Waals surface area contributed by atoms with Crippen molar-refractivity contribution in [3.63, 3.8) is 0 Å². The highest BCUT2D eigenvalue weighted by Crippen LogP contribution is 2.27. The molecule has 3 rings (SSSR count). The fourth-order valence-corrected chi connectivity index (χ4v) is 3.01. The summed E-state index contributed by atoms with van der Waals surface area (Å²) in [5.74, 6) is 0.202. The highest BCUT2D eigenvalue weighted by atomic mass is 35.5. The molecule has 0 fully saturated rings. The van der Waals surface area contributed by atoms with Gasteiger partial charge in [0, 0.05) is 18.2 Å².